The molecule has 1 saturated carbocycles. The number of fused-ring (bicyclic) bond motifs is 1. The second-order valence-electron chi connectivity index (χ2n) is 6.60. The number of hydrogen-bond acceptors (Lipinski definition) is 4. The molecule has 1 fully saturated rings. The third-order valence-electron chi connectivity index (χ3n) is 4.38. The Morgan fingerprint density at radius 2 is 1.96 bits per heavy atom. The van der Waals surface area contributed by atoms with Crippen LogP contribution in [0.4, 0.5) is 0 Å². The maximum atomic E-state index is 12.8. The molecule has 0 radical (unpaired) electrons. The van der Waals surface area contributed by atoms with E-state index in [0.29, 0.717) is 11.5 Å². The van der Waals surface area contributed by atoms with E-state index in [9.17, 15) is 9.59 Å². The summed E-state index contributed by atoms with van der Waals surface area (Å²) in [4.78, 5) is 29.4. The number of aromatic nitrogens is 1. The van der Waals surface area contributed by atoms with Gasteiger partial charge in [0.1, 0.15) is 6.04 Å². The molecule has 1 aliphatic rings. The molecular weight excluding hydrogens is 304 g/mol. The predicted molar refractivity (Wildman–Crippen MR) is 91.8 cm³/mol. The smallest absolute Gasteiger partial charge is 0.328 e. The van der Waals surface area contributed by atoms with Crippen LogP contribution in [-0.4, -0.2) is 30.0 Å². The number of benzene rings is 1. The Morgan fingerprint density at radius 1 is 1.25 bits per heavy atom. The fourth-order valence-corrected chi connectivity index (χ4v) is 2.82. The van der Waals surface area contributed by atoms with Crippen molar-refractivity contribution in [1.82, 2.24) is 10.3 Å². The van der Waals surface area contributed by atoms with Gasteiger partial charge in [0.25, 0.3) is 5.91 Å². The molecule has 1 heterocycles. The van der Waals surface area contributed by atoms with E-state index < -0.39 is 12.0 Å². The summed E-state index contributed by atoms with van der Waals surface area (Å²) in [7, 11) is 1.33. The molecule has 1 amide bonds. The van der Waals surface area contributed by atoms with Crippen LogP contribution >= 0.6 is 0 Å². The third-order valence-corrected chi connectivity index (χ3v) is 4.38. The number of pyridine rings is 1. The van der Waals surface area contributed by atoms with Gasteiger partial charge in [-0.05, 0) is 30.9 Å². The first kappa shape index (κ1) is 16.4. The summed E-state index contributed by atoms with van der Waals surface area (Å²) in [6, 6.07) is 8.80. The molecule has 3 rings (SSSR count). The Labute approximate surface area is 141 Å². The van der Waals surface area contributed by atoms with Crippen LogP contribution in [0.2, 0.25) is 0 Å². The summed E-state index contributed by atoms with van der Waals surface area (Å²) < 4.78 is 4.80. The molecule has 5 heteroatoms. The Morgan fingerprint density at radius 3 is 2.58 bits per heavy atom. The Bertz CT molecular complexity index is 781. The quantitative estimate of drug-likeness (QED) is 0.858. The number of hydrogen-bond donors (Lipinski definition) is 1. The highest BCUT2D eigenvalue weighted by atomic mass is 16.5. The van der Waals surface area contributed by atoms with E-state index in [0.717, 1.165) is 29.4 Å². The molecule has 1 N–H and O–H groups in total. The lowest BCUT2D eigenvalue weighted by Crippen LogP contribution is -2.45. The second-order valence-corrected chi connectivity index (χ2v) is 6.60. The van der Waals surface area contributed by atoms with E-state index >= 15 is 0 Å². The number of nitrogens with one attached hydrogen (secondary N) is 1. The highest BCUT2D eigenvalue weighted by molar-refractivity contribution is 6.07. The minimum absolute atomic E-state index is 0.0580. The van der Waals surface area contributed by atoms with E-state index in [-0.39, 0.29) is 11.8 Å². The fourth-order valence-electron chi connectivity index (χ4n) is 2.82. The largest absolute Gasteiger partial charge is 0.467 e. The molecule has 1 aromatic heterocycles. The lowest BCUT2D eigenvalue weighted by molar-refractivity contribution is -0.144. The van der Waals surface area contributed by atoms with Crippen molar-refractivity contribution in [1.29, 1.82) is 0 Å². The average molecular weight is 326 g/mol. The summed E-state index contributed by atoms with van der Waals surface area (Å²) >= 11 is 0. The maximum Gasteiger partial charge on any atom is 0.328 e. The van der Waals surface area contributed by atoms with E-state index in [2.05, 4.69) is 10.3 Å². The van der Waals surface area contributed by atoms with Gasteiger partial charge in [-0.25, -0.2) is 4.79 Å². The van der Waals surface area contributed by atoms with Gasteiger partial charge < -0.3 is 10.1 Å². The molecule has 126 valence electrons. The molecule has 1 aliphatic carbocycles. The van der Waals surface area contributed by atoms with E-state index in [1.54, 1.807) is 0 Å². The number of esters is 1. The lowest BCUT2D eigenvalue weighted by Gasteiger charge is -2.20. The van der Waals surface area contributed by atoms with Gasteiger partial charge in [-0.15, -0.1) is 0 Å². The highest BCUT2D eigenvalue weighted by Gasteiger charge is 2.29. The normalized spacial score (nSPS) is 15.3. The van der Waals surface area contributed by atoms with Gasteiger partial charge in [0.05, 0.1) is 18.2 Å². The molecule has 0 saturated heterocycles. The van der Waals surface area contributed by atoms with E-state index in [1.807, 2.05) is 44.2 Å². The Hall–Kier alpha value is -2.43. The molecule has 0 aliphatic heterocycles. The number of carbonyl (C=O) groups is 2. The minimum atomic E-state index is -0.668. The number of amides is 1. The predicted octanol–water partition coefficient (Wildman–Crippen LogP) is 3.04. The number of nitrogens with zero attached hydrogens (tertiary/aromatic N) is 1. The molecule has 5 nitrogen and oxygen atoms in total. The van der Waals surface area contributed by atoms with Gasteiger partial charge >= 0.3 is 5.97 Å². The summed E-state index contributed by atoms with van der Waals surface area (Å²) in [6.45, 7) is 3.75. The van der Waals surface area contributed by atoms with Crippen molar-refractivity contribution >= 4 is 22.8 Å². The number of carbonyl (C=O) groups excluding carboxylic acids is 2. The number of rotatable bonds is 5. The molecule has 1 aromatic carbocycles. The van der Waals surface area contributed by atoms with Gasteiger partial charge in [-0.1, -0.05) is 32.0 Å². The molecule has 0 unspecified atom stereocenters. The van der Waals surface area contributed by atoms with Crippen LogP contribution in [0.5, 0.6) is 0 Å². The molecule has 2 aromatic rings. The first-order chi connectivity index (χ1) is 11.5. The van der Waals surface area contributed by atoms with Gasteiger partial charge in [0, 0.05) is 17.0 Å². The number of methoxy groups -OCH3 is 1. The minimum Gasteiger partial charge on any atom is -0.467 e. The van der Waals surface area contributed by atoms with Crippen LogP contribution in [0.3, 0.4) is 0 Å². The second kappa shape index (κ2) is 6.59. The van der Waals surface area contributed by atoms with Gasteiger partial charge in [0.2, 0.25) is 0 Å². The zero-order chi connectivity index (χ0) is 17.3. The zero-order valence-electron chi connectivity index (χ0n) is 14.2. The summed E-state index contributed by atoms with van der Waals surface area (Å²) in [6.07, 6.45) is 2.23. The molecule has 0 bridgehead atoms. The van der Waals surface area contributed by atoms with Crippen LogP contribution in [0.25, 0.3) is 10.9 Å². The monoisotopic (exact) mass is 326 g/mol. The first-order valence-corrected chi connectivity index (χ1v) is 8.29. The standard InChI is InChI=1S/C19H22N2O3/c1-11(2)17(19(23)24-3)21-18(22)14-10-16(12-8-9-12)20-15-7-5-4-6-13(14)15/h4-7,10-12,17H,8-9H2,1-3H3,(H,21,22)/t17-/m0/s1. The lowest BCUT2D eigenvalue weighted by atomic mass is 10.0. The van der Waals surface area contributed by atoms with Crippen molar-refractivity contribution in [3.8, 4) is 0 Å². The van der Waals surface area contributed by atoms with Gasteiger partial charge in [-0.3, -0.25) is 9.78 Å². The van der Waals surface area contributed by atoms with Gasteiger partial charge in [0.15, 0.2) is 0 Å². The van der Waals surface area contributed by atoms with Crippen molar-refractivity contribution in [2.75, 3.05) is 7.11 Å². The molecule has 0 spiro atoms. The molecule has 24 heavy (non-hydrogen) atoms. The first-order valence-electron chi connectivity index (χ1n) is 8.29. The SMILES string of the molecule is COC(=O)[C@@H](NC(=O)c1cc(C2CC2)nc2ccccc12)C(C)C. The van der Waals surface area contributed by atoms with E-state index in [4.69, 9.17) is 4.74 Å². The number of ether oxygens (including phenoxy) is 1. The summed E-state index contributed by atoms with van der Waals surface area (Å²) in [5, 5.41) is 3.62. The Kier molecular flexibility index (Phi) is 4.51. The van der Waals surface area contributed by atoms with Crippen molar-refractivity contribution in [2.24, 2.45) is 5.92 Å². The fraction of sp³-hybridized carbons (Fsp3) is 0.421. The van der Waals surface area contributed by atoms with Crippen LogP contribution in [0.15, 0.2) is 30.3 Å². The van der Waals surface area contributed by atoms with Crippen LogP contribution in [-0.2, 0) is 9.53 Å². The van der Waals surface area contributed by atoms with Crippen LogP contribution < -0.4 is 5.32 Å². The highest BCUT2D eigenvalue weighted by Crippen LogP contribution is 2.40. The third kappa shape index (κ3) is 3.25. The zero-order valence-corrected chi connectivity index (χ0v) is 14.2. The molecular formula is C19H22N2O3. The van der Waals surface area contributed by atoms with Crippen molar-refractivity contribution in [2.45, 2.75) is 38.6 Å². The van der Waals surface area contributed by atoms with Gasteiger partial charge in [-0.2, -0.15) is 0 Å². The van der Waals surface area contributed by atoms with E-state index in [1.165, 1.54) is 7.11 Å². The molecule has 1 atom stereocenters. The van der Waals surface area contributed by atoms with Crippen LogP contribution in [0.1, 0.15) is 48.7 Å². The summed E-state index contributed by atoms with van der Waals surface area (Å²) in [5.41, 5.74) is 2.33. The summed E-state index contributed by atoms with van der Waals surface area (Å²) in [5.74, 6) is -0.307. The van der Waals surface area contributed by atoms with Crippen molar-refractivity contribution in [3.05, 3.63) is 41.6 Å². The van der Waals surface area contributed by atoms with Crippen molar-refractivity contribution in [3.63, 3.8) is 0 Å². The van der Waals surface area contributed by atoms with Crippen molar-refractivity contribution < 1.29 is 14.3 Å². The number of para-hydroxylation sites is 1. The topological polar surface area (TPSA) is 68.3 Å². The maximum absolute atomic E-state index is 12.8. The average Bonchev–Trinajstić information content (AvgIpc) is 3.42. The van der Waals surface area contributed by atoms with Crippen LogP contribution in [0, 0.1) is 5.92 Å². The Balaban J connectivity index is 1.98.